The molecular weight excluding hydrogens is 582 g/mol. The first kappa shape index (κ1) is 32.5. The summed E-state index contributed by atoms with van der Waals surface area (Å²) >= 11 is 0. The van der Waals surface area contributed by atoms with Gasteiger partial charge in [-0.25, -0.2) is 8.42 Å². The van der Waals surface area contributed by atoms with Crippen molar-refractivity contribution in [2.45, 2.75) is 51.2 Å². The van der Waals surface area contributed by atoms with Crippen LogP contribution in [0.4, 0.5) is 6.01 Å². The summed E-state index contributed by atoms with van der Waals surface area (Å²) in [6, 6.07) is 18.1. The maximum atomic E-state index is 13.8. The predicted molar refractivity (Wildman–Crippen MR) is 166 cm³/mol. The van der Waals surface area contributed by atoms with Crippen LogP contribution in [0.2, 0.25) is 0 Å². The molecule has 0 aliphatic heterocycles. The molecule has 0 saturated carbocycles. The van der Waals surface area contributed by atoms with E-state index in [1.807, 2.05) is 44.2 Å². The van der Waals surface area contributed by atoms with E-state index < -0.39 is 28.1 Å². The van der Waals surface area contributed by atoms with Crippen LogP contribution in [-0.2, 0) is 21.2 Å². The van der Waals surface area contributed by atoms with E-state index in [9.17, 15) is 23.6 Å². The van der Waals surface area contributed by atoms with Crippen molar-refractivity contribution in [3.05, 3.63) is 82.9 Å². The summed E-state index contributed by atoms with van der Waals surface area (Å²) in [6.45, 7) is 6.86. The van der Waals surface area contributed by atoms with Crippen LogP contribution in [0.1, 0.15) is 36.1 Å². The lowest BCUT2D eigenvalue weighted by Crippen LogP contribution is -2.52. The molecule has 4 rings (SSSR count). The van der Waals surface area contributed by atoms with Crippen molar-refractivity contribution in [3.63, 3.8) is 0 Å². The van der Waals surface area contributed by atoms with Gasteiger partial charge in [-0.15, -0.1) is 0 Å². The number of hydrogen-bond donors (Lipinski definition) is 3. The monoisotopic (exact) mass is 619 g/mol. The first-order chi connectivity index (χ1) is 20.9. The first-order valence-electron chi connectivity index (χ1n) is 14.2. The van der Waals surface area contributed by atoms with Crippen molar-refractivity contribution in [2.75, 3.05) is 25.4 Å². The fraction of sp³-hybridized carbons (Fsp3) is 0.344. The van der Waals surface area contributed by atoms with E-state index in [2.05, 4.69) is 16.4 Å². The molecular formula is C32H37N5O6S. The highest BCUT2D eigenvalue weighted by Crippen LogP contribution is 2.26. The van der Waals surface area contributed by atoms with Gasteiger partial charge in [-0.1, -0.05) is 44.2 Å². The van der Waals surface area contributed by atoms with Crippen molar-refractivity contribution >= 4 is 33.0 Å². The molecule has 0 aliphatic carbocycles. The second-order valence-corrected chi connectivity index (χ2v) is 13.1. The van der Waals surface area contributed by atoms with Crippen LogP contribution in [0, 0.1) is 31.1 Å². The van der Waals surface area contributed by atoms with Crippen molar-refractivity contribution in [3.8, 4) is 11.8 Å². The first-order valence-corrected chi connectivity index (χ1v) is 15.6. The Labute approximate surface area is 257 Å². The molecule has 1 aromatic heterocycles. The van der Waals surface area contributed by atoms with Gasteiger partial charge in [-0.05, 0) is 67.1 Å². The largest absolute Gasteiger partial charge is 0.483 e. The highest BCUT2D eigenvalue weighted by atomic mass is 32.2. The molecule has 3 aromatic carbocycles. The number of nitrogens with one attached hydrogen (secondary N) is 1. The van der Waals surface area contributed by atoms with E-state index in [4.69, 9.17) is 14.9 Å². The number of aliphatic hydroxyl groups is 1. The number of hydrogen-bond acceptors (Lipinski definition) is 9. The standard InChI is InChI=1S/C32H37N5O6S/c1-20(2)17-37(44(40,41)25-10-11-26-29(15-25)43-32(34)36-26)18-28(38)27(14-23-8-6-5-7-9-23)35-30(39)19-42-31-21(3)12-24(16-33)13-22(31)4/h5-13,15,20,27-28,38H,14,17-19H2,1-4H3,(H2,34,36)(H,35,39). The van der Waals surface area contributed by atoms with Crippen LogP contribution in [0.5, 0.6) is 5.75 Å². The summed E-state index contributed by atoms with van der Waals surface area (Å²) in [4.78, 5) is 17.1. The fourth-order valence-corrected chi connectivity index (χ4v) is 6.66. The molecule has 0 radical (unpaired) electrons. The van der Waals surface area contributed by atoms with E-state index in [1.54, 1.807) is 26.0 Å². The lowest BCUT2D eigenvalue weighted by Gasteiger charge is -2.30. The molecule has 12 heteroatoms. The number of nitrogen functional groups attached to an aromatic ring is 1. The number of nitrogens with two attached hydrogens (primary N) is 1. The Hall–Kier alpha value is -4.44. The summed E-state index contributed by atoms with van der Waals surface area (Å²) in [7, 11) is -4.09. The Morgan fingerprint density at radius 3 is 2.43 bits per heavy atom. The molecule has 232 valence electrons. The zero-order valence-electron chi connectivity index (χ0n) is 25.1. The van der Waals surface area contributed by atoms with Gasteiger partial charge >= 0.3 is 0 Å². The molecule has 11 nitrogen and oxygen atoms in total. The van der Waals surface area contributed by atoms with Gasteiger partial charge in [0.2, 0.25) is 10.0 Å². The summed E-state index contributed by atoms with van der Waals surface area (Å²) in [6.07, 6.45) is -1.02. The van der Waals surface area contributed by atoms with Gasteiger partial charge in [-0.3, -0.25) is 4.79 Å². The molecule has 1 heterocycles. The van der Waals surface area contributed by atoms with E-state index in [0.717, 1.165) is 16.7 Å². The van der Waals surface area contributed by atoms with Crippen LogP contribution in [-0.4, -0.2) is 60.6 Å². The van der Waals surface area contributed by atoms with Crippen LogP contribution in [0.15, 0.2) is 70.0 Å². The molecule has 4 aromatic rings. The number of amides is 1. The highest BCUT2D eigenvalue weighted by Gasteiger charge is 2.32. The number of sulfonamides is 1. The van der Waals surface area contributed by atoms with E-state index in [0.29, 0.717) is 16.8 Å². The second kappa shape index (κ2) is 13.9. The van der Waals surface area contributed by atoms with Gasteiger partial charge < -0.3 is 25.3 Å². The summed E-state index contributed by atoms with van der Waals surface area (Å²) < 4.78 is 40.0. The molecule has 4 N–H and O–H groups in total. The summed E-state index contributed by atoms with van der Waals surface area (Å²) in [5, 5.41) is 23.5. The minimum absolute atomic E-state index is 0.0285. The minimum atomic E-state index is -4.09. The number of ether oxygens (including phenoxy) is 1. The fourth-order valence-electron chi connectivity index (χ4n) is 5.03. The minimum Gasteiger partial charge on any atom is -0.483 e. The Morgan fingerprint density at radius 1 is 1.11 bits per heavy atom. The normalized spacial score (nSPS) is 13.1. The number of carbonyl (C=O) groups excluding carboxylic acids is 1. The number of nitriles is 1. The van der Waals surface area contributed by atoms with Crippen LogP contribution >= 0.6 is 0 Å². The third kappa shape index (κ3) is 7.93. The van der Waals surface area contributed by atoms with E-state index >= 15 is 0 Å². The van der Waals surface area contributed by atoms with Crippen molar-refractivity contribution in [2.24, 2.45) is 5.92 Å². The average Bonchev–Trinajstić information content (AvgIpc) is 3.35. The van der Waals surface area contributed by atoms with Crippen LogP contribution < -0.4 is 15.8 Å². The van der Waals surface area contributed by atoms with Crippen LogP contribution in [0.3, 0.4) is 0 Å². The Kier molecular flexibility index (Phi) is 10.3. The molecule has 0 fully saturated rings. The molecule has 0 saturated heterocycles. The van der Waals surface area contributed by atoms with Crippen LogP contribution in [0.25, 0.3) is 11.1 Å². The number of aryl methyl sites for hydroxylation is 2. The number of nitrogens with zero attached hydrogens (tertiary/aromatic N) is 3. The summed E-state index contributed by atoms with van der Waals surface area (Å²) in [5.74, 6) is -0.0464. The van der Waals surface area contributed by atoms with Gasteiger partial charge in [0.25, 0.3) is 11.9 Å². The van der Waals surface area contributed by atoms with Gasteiger partial charge in [-0.2, -0.15) is 14.6 Å². The van der Waals surface area contributed by atoms with Gasteiger partial charge in [0.15, 0.2) is 12.2 Å². The molecule has 2 unspecified atom stereocenters. The predicted octanol–water partition coefficient (Wildman–Crippen LogP) is 3.71. The third-order valence-corrected chi connectivity index (χ3v) is 8.85. The molecule has 44 heavy (non-hydrogen) atoms. The average molecular weight is 620 g/mol. The number of anilines is 1. The van der Waals surface area contributed by atoms with Gasteiger partial charge in [0.05, 0.1) is 28.7 Å². The highest BCUT2D eigenvalue weighted by molar-refractivity contribution is 7.89. The molecule has 1 amide bonds. The maximum Gasteiger partial charge on any atom is 0.292 e. The van der Waals surface area contributed by atoms with E-state index in [1.165, 1.54) is 22.5 Å². The van der Waals surface area contributed by atoms with Crippen molar-refractivity contribution < 1.29 is 27.5 Å². The number of aliphatic hydroxyl groups excluding tert-OH is 1. The number of fused-ring (bicyclic) bond motifs is 1. The molecule has 0 bridgehead atoms. The second-order valence-electron chi connectivity index (χ2n) is 11.2. The lowest BCUT2D eigenvalue weighted by atomic mass is 10.0. The Morgan fingerprint density at radius 2 is 1.80 bits per heavy atom. The van der Waals surface area contributed by atoms with Gasteiger partial charge in [0, 0.05) is 19.2 Å². The quantitative estimate of drug-likeness (QED) is 0.202. The summed E-state index contributed by atoms with van der Waals surface area (Å²) in [5.41, 5.74) is 9.07. The zero-order valence-corrected chi connectivity index (χ0v) is 26.0. The smallest absolute Gasteiger partial charge is 0.292 e. The van der Waals surface area contributed by atoms with Crippen molar-refractivity contribution in [1.82, 2.24) is 14.6 Å². The third-order valence-electron chi connectivity index (χ3n) is 7.02. The number of oxazole rings is 1. The number of benzene rings is 3. The molecule has 0 aliphatic rings. The van der Waals surface area contributed by atoms with E-state index in [-0.39, 0.29) is 48.5 Å². The van der Waals surface area contributed by atoms with Crippen molar-refractivity contribution in [1.29, 1.82) is 5.26 Å². The maximum absolute atomic E-state index is 13.8. The SMILES string of the molecule is Cc1cc(C#N)cc(C)c1OCC(=O)NC(Cc1ccccc1)C(O)CN(CC(C)C)S(=O)(=O)c1ccc2nc(N)oc2c1. The van der Waals surface area contributed by atoms with Gasteiger partial charge in [0.1, 0.15) is 11.3 Å². The Balaban J connectivity index is 1.55. The molecule has 0 spiro atoms. The molecule has 2 atom stereocenters. The Bertz CT molecular complexity index is 1740. The number of carbonyl (C=O) groups is 1. The number of aromatic nitrogens is 1. The lowest BCUT2D eigenvalue weighted by molar-refractivity contribution is -0.124. The topological polar surface area (TPSA) is 172 Å². The zero-order chi connectivity index (χ0) is 32.0. The number of rotatable bonds is 13.